The average molecular weight is 229 g/mol. The number of thioether (sulfide) groups is 1. The van der Waals surface area contributed by atoms with Crippen molar-refractivity contribution in [2.45, 2.75) is 12.3 Å². The smallest absolute Gasteiger partial charge is 0.131 e. The molecule has 82 valence electrons. The molecule has 0 saturated carbocycles. The molecular weight excluding hydrogens is 216 g/mol. The lowest BCUT2D eigenvalue weighted by Crippen LogP contribution is -2.32. The highest BCUT2D eigenvalue weighted by Gasteiger charge is 2.24. The Labute approximate surface area is 92.3 Å². The summed E-state index contributed by atoms with van der Waals surface area (Å²) in [6.45, 7) is 2.93. The van der Waals surface area contributed by atoms with E-state index < -0.39 is 11.6 Å². The normalized spacial score (nSPS) is 26.6. The highest BCUT2D eigenvalue weighted by atomic mass is 32.2. The van der Waals surface area contributed by atoms with Crippen LogP contribution in [-0.2, 0) is 0 Å². The Morgan fingerprint density at radius 1 is 1.33 bits per heavy atom. The molecule has 1 heterocycles. The van der Waals surface area contributed by atoms with E-state index in [9.17, 15) is 8.78 Å². The van der Waals surface area contributed by atoms with Gasteiger partial charge in [-0.25, -0.2) is 8.78 Å². The maximum Gasteiger partial charge on any atom is 0.131 e. The van der Waals surface area contributed by atoms with Crippen molar-refractivity contribution in [2.75, 3.05) is 12.3 Å². The van der Waals surface area contributed by atoms with Crippen LogP contribution < -0.4 is 5.32 Å². The average Bonchev–Trinajstić information content (AvgIpc) is 2.20. The minimum Gasteiger partial charge on any atom is -0.301 e. The summed E-state index contributed by atoms with van der Waals surface area (Å²) in [4.78, 5) is 0. The lowest BCUT2D eigenvalue weighted by atomic mass is 10.1. The van der Waals surface area contributed by atoms with Gasteiger partial charge in [-0.05, 0) is 30.3 Å². The van der Waals surface area contributed by atoms with Crippen LogP contribution in [0.5, 0.6) is 0 Å². The van der Waals surface area contributed by atoms with Crippen LogP contribution in [0.4, 0.5) is 8.78 Å². The highest BCUT2D eigenvalue weighted by Crippen LogP contribution is 2.34. The predicted molar refractivity (Wildman–Crippen MR) is 58.7 cm³/mol. The van der Waals surface area contributed by atoms with Gasteiger partial charge in [-0.3, -0.25) is 0 Å². The molecule has 1 saturated heterocycles. The summed E-state index contributed by atoms with van der Waals surface area (Å²) < 4.78 is 26.9. The third-order valence-electron chi connectivity index (χ3n) is 2.46. The van der Waals surface area contributed by atoms with Crippen LogP contribution >= 0.6 is 11.8 Å². The van der Waals surface area contributed by atoms with E-state index in [-0.39, 0.29) is 10.9 Å². The monoisotopic (exact) mass is 229 g/mol. The van der Waals surface area contributed by atoms with Crippen LogP contribution in [0, 0.1) is 17.6 Å². The first kappa shape index (κ1) is 10.9. The van der Waals surface area contributed by atoms with Crippen molar-refractivity contribution in [3.05, 3.63) is 35.4 Å². The fourth-order valence-corrected chi connectivity index (χ4v) is 2.88. The Morgan fingerprint density at radius 2 is 2.00 bits per heavy atom. The van der Waals surface area contributed by atoms with E-state index in [1.165, 1.54) is 18.2 Å². The van der Waals surface area contributed by atoms with E-state index in [4.69, 9.17) is 0 Å². The molecule has 1 nitrogen and oxygen atoms in total. The molecule has 15 heavy (non-hydrogen) atoms. The largest absolute Gasteiger partial charge is 0.301 e. The lowest BCUT2D eigenvalue weighted by Gasteiger charge is -2.28. The van der Waals surface area contributed by atoms with E-state index in [0.29, 0.717) is 5.92 Å². The molecule has 1 aromatic carbocycles. The van der Waals surface area contributed by atoms with E-state index in [1.54, 1.807) is 11.8 Å². The maximum absolute atomic E-state index is 13.4. The Kier molecular flexibility index (Phi) is 3.26. The van der Waals surface area contributed by atoms with Crippen LogP contribution in [0.3, 0.4) is 0 Å². The zero-order chi connectivity index (χ0) is 10.8. The maximum atomic E-state index is 13.4. The summed E-state index contributed by atoms with van der Waals surface area (Å²) in [7, 11) is 0. The molecule has 2 unspecified atom stereocenters. The molecular formula is C11H13F2NS. The third kappa shape index (κ3) is 2.32. The van der Waals surface area contributed by atoms with Crippen LogP contribution in [0.2, 0.25) is 0 Å². The minimum absolute atomic E-state index is 0.161. The summed E-state index contributed by atoms with van der Waals surface area (Å²) in [5.74, 6) is 0.566. The number of hydrogen-bond donors (Lipinski definition) is 1. The van der Waals surface area contributed by atoms with Crippen molar-refractivity contribution in [1.82, 2.24) is 5.32 Å². The Bertz CT molecular complexity index is 328. The Balaban J connectivity index is 2.22. The molecule has 0 aromatic heterocycles. The molecule has 0 aliphatic carbocycles. The number of halogens is 2. The van der Waals surface area contributed by atoms with Gasteiger partial charge in [-0.2, -0.15) is 0 Å². The topological polar surface area (TPSA) is 12.0 Å². The summed E-state index contributed by atoms with van der Waals surface area (Å²) in [6, 6.07) is 4.00. The Morgan fingerprint density at radius 3 is 2.53 bits per heavy atom. The second-order valence-corrected chi connectivity index (χ2v) is 5.00. The molecule has 1 aliphatic rings. The molecule has 1 aromatic rings. The number of hydrogen-bond acceptors (Lipinski definition) is 2. The number of benzene rings is 1. The zero-order valence-corrected chi connectivity index (χ0v) is 9.28. The summed E-state index contributed by atoms with van der Waals surface area (Å²) >= 11 is 1.56. The van der Waals surface area contributed by atoms with Crippen LogP contribution in [0.15, 0.2) is 18.2 Å². The van der Waals surface area contributed by atoms with E-state index >= 15 is 0 Å². The highest BCUT2D eigenvalue weighted by molar-refractivity contribution is 7.99. The van der Waals surface area contributed by atoms with E-state index in [0.717, 1.165) is 12.3 Å². The summed E-state index contributed by atoms with van der Waals surface area (Å²) in [6.07, 6.45) is 0. The van der Waals surface area contributed by atoms with Crippen LogP contribution in [0.25, 0.3) is 0 Å². The van der Waals surface area contributed by atoms with Gasteiger partial charge in [0.05, 0.1) is 10.9 Å². The lowest BCUT2D eigenvalue weighted by molar-refractivity contribution is 0.490. The molecule has 0 radical (unpaired) electrons. The Hall–Kier alpha value is -0.610. The van der Waals surface area contributed by atoms with Gasteiger partial charge >= 0.3 is 0 Å². The van der Waals surface area contributed by atoms with Crippen molar-refractivity contribution in [3.8, 4) is 0 Å². The molecule has 0 bridgehead atoms. The van der Waals surface area contributed by atoms with Gasteiger partial charge in [-0.1, -0.05) is 13.0 Å². The van der Waals surface area contributed by atoms with Crippen LogP contribution in [0.1, 0.15) is 17.9 Å². The summed E-state index contributed by atoms with van der Waals surface area (Å²) in [5, 5.41) is 2.90. The molecule has 0 spiro atoms. The molecule has 1 aliphatic heterocycles. The first-order chi connectivity index (χ1) is 7.18. The fraction of sp³-hybridized carbons (Fsp3) is 0.455. The molecule has 0 amide bonds. The molecule has 2 atom stereocenters. The quantitative estimate of drug-likeness (QED) is 0.794. The third-order valence-corrected chi connectivity index (χ3v) is 3.96. The van der Waals surface area contributed by atoms with Crippen LogP contribution in [-0.4, -0.2) is 12.3 Å². The molecule has 1 N–H and O–H groups in total. The molecule has 2 rings (SSSR count). The SMILES string of the molecule is CC1CNC(c2c(F)cccc2F)SC1. The van der Waals surface area contributed by atoms with Gasteiger partial charge in [0.15, 0.2) is 0 Å². The van der Waals surface area contributed by atoms with Crippen molar-refractivity contribution < 1.29 is 8.78 Å². The van der Waals surface area contributed by atoms with Gasteiger partial charge in [0, 0.05) is 0 Å². The standard InChI is InChI=1S/C11H13F2NS/c1-7-5-14-11(15-6-7)10-8(12)3-2-4-9(10)13/h2-4,7,11,14H,5-6H2,1H3. The molecule has 4 heteroatoms. The second-order valence-electron chi connectivity index (χ2n) is 3.86. The fourth-order valence-electron chi connectivity index (χ4n) is 1.63. The minimum atomic E-state index is -0.463. The van der Waals surface area contributed by atoms with Gasteiger partial charge in [-0.15, -0.1) is 11.8 Å². The van der Waals surface area contributed by atoms with Crippen molar-refractivity contribution in [1.29, 1.82) is 0 Å². The van der Waals surface area contributed by atoms with Crippen molar-refractivity contribution in [3.63, 3.8) is 0 Å². The van der Waals surface area contributed by atoms with Gasteiger partial charge in [0.2, 0.25) is 0 Å². The van der Waals surface area contributed by atoms with E-state index in [2.05, 4.69) is 12.2 Å². The van der Waals surface area contributed by atoms with Crippen molar-refractivity contribution in [2.24, 2.45) is 5.92 Å². The van der Waals surface area contributed by atoms with Crippen molar-refractivity contribution >= 4 is 11.8 Å². The van der Waals surface area contributed by atoms with E-state index in [1.807, 2.05) is 0 Å². The number of rotatable bonds is 1. The van der Waals surface area contributed by atoms with Gasteiger partial charge in [0.1, 0.15) is 11.6 Å². The van der Waals surface area contributed by atoms with Gasteiger partial charge in [0.25, 0.3) is 0 Å². The zero-order valence-electron chi connectivity index (χ0n) is 8.47. The first-order valence-corrected chi connectivity index (χ1v) is 6.02. The first-order valence-electron chi connectivity index (χ1n) is 4.97. The number of nitrogens with one attached hydrogen (secondary N) is 1. The molecule has 1 fully saturated rings. The predicted octanol–water partition coefficient (Wildman–Crippen LogP) is 2.94. The second kappa shape index (κ2) is 4.49. The summed E-state index contributed by atoms with van der Waals surface area (Å²) in [5.41, 5.74) is 0.161. The van der Waals surface area contributed by atoms with Gasteiger partial charge < -0.3 is 5.32 Å².